The topological polar surface area (TPSA) is 81.7 Å². The molecule has 5 heterocycles. The SMILES string of the molecule is C[C@H]1CN(C(=O)c2ccnn2C)Cc2cc(-c3ccnc4cnsc34)nn21. The summed E-state index contributed by atoms with van der Waals surface area (Å²) in [5, 5.41) is 8.92. The first kappa shape index (κ1) is 16.1. The van der Waals surface area contributed by atoms with Gasteiger partial charge in [0.2, 0.25) is 0 Å². The first-order valence-electron chi connectivity index (χ1n) is 8.67. The van der Waals surface area contributed by atoms with Gasteiger partial charge in [-0.2, -0.15) is 14.6 Å². The maximum Gasteiger partial charge on any atom is 0.272 e. The van der Waals surface area contributed by atoms with Gasteiger partial charge in [-0.1, -0.05) is 0 Å². The highest BCUT2D eigenvalue weighted by Crippen LogP contribution is 2.32. The normalized spacial score (nSPS) is 16.7. The van der Waals surface area contributed by atoms with E-state index in [4.69, 9.17) is 5.10 Å². The molecule has 0 fully saturated rings. The Kier molecular flexibility index (Phi) is 3.57. The fourth-order valence-corrected chi connectivity index (χ4v) is 4.33. The Balaban J connectivity index is 1.51. The number of carbonyl (C=O) groups excluding carboxylic acids is 1. The molecule has 4 aromatic heterocycles. The molecule has 0 radical (unpaired) electrons. The van der Waals surface area contributed by atoms with Crippen molar-refractivity contribution in [3.05, 3.63) is 48.2 Å². The molecule has 0 saturated carbocycles. The van der Waals surface area contributed by atoms with Gasteiger partial charge < -0.3 is 4.90 Å². The Morgan fingerprint density at radius 1 is 1.30 bits per heavy atom. The Labute approximate surface area is 159 Å². The van der Waals surface area contributed by atoms with Gasteiger partial charge in [0.05, 0.1) is 34.9 Å². The summed E-state index contributed by atoms with van der Waals surface area (Å²) in [5.41, 5.74) is 4.42. The van der Waals surface area contributed by atoms with Crippen LogP contribution in [-0.4, -0.2) is 46.3 Å². The minimum Gasteiger partial charge on any atom is -0.329 e. The third-order valence-electron chi connectivity index (χ3n) is 4.92. The average molecular weight is 379 g/mol. The van der Waals surface area contributed by atoms with Crippen LogP contribution in [0.15, 0.2) is 36.8 Å². The molecule has 1 aliphatic rings. The van der Waals surface area contributed by atoms with Crippen LogP contribution >= 0.6 is 11.5 Å². The summed E-state index contributed by atoms with van der Waals surface area (Å²) in [5.74, 6) is -0.00962. The molecular weight excluding hydrogens is 362 g/mol. The van der Waals surface area contributed by atoms with Crippen LogP contribution in [-0.2, 0) is 13.6 Å². The van der Waals surface area contributed by atoms with Gasteiger partial charge in [0.15, 0.2) is 0 Å². The monoisotopic (exact) mass is 379 g/mol. The zero-order valence-electron chi connectivity index (χ0n) is 14.9. The van der Waals surface area contributed by atoms with Crippen molar-refractivity contribution >= 4 is 27.7 Å². The first-order valence-corrected chi connectivity index (χ1v) is 9.44. The summed E-state index contributed by atoms with van der Waals surface area (Å²) >= 11 is 1.42. The van der Waals surface area contributed by atoms with E-state index in [1.165, 1.54) is 11.5 Å². The molecule has 0 N–H and O–H groups in total. The number of nitrogens with zero attached hydrogens (tertiary/aromatic N) is 7. The predicted octanol–water partition coefficient (Wildman–Crippen LogP) is 2.51. The first-order chi connectivity index (χ1) is 13.1. The molecule has 0 unspecified atom stereocenters. The summed E-state index contributed by atoms with van der Waals surface area (Å²) in [4.78, 5) is 19.1. The molecule has 0 aromatic carbocycles. The van der Waals surface area contributed by atoms with Gasteiger partial charge in [-0.15, -0.1) is 0 Å². The van der Waals surface area contributed by atoms with E-state index < -0.39 is 0 Å². The number of carbonyl (C=O) groups is 1. The molecule has 1 amide bonds. The smallest absolute Gasteiger partial charge is 0.272 e. The highest BCUT2D eigenvalue weighted by Gasteiger charge is 2.29. The summed E-state index contributed by atoms with van der Waals surface area (Å²) in [6.45, 7) is 3.22. The maximum atomic E-state index is 12.9. The van der Waals surface area contributed by atoms with Gasteiger partial charge >= 0.3 is 0 Å². The minimum atomic E-state index is -0.00962. The van der Waals surface area contributed by atoms with Crippen LogP contribution in [0.1, 0.15) is 29.1 Å². The number of rotatable bonds is 2. The van der Waals surface area contributed by atoms with E-state index in [2.05, 4.69) is 27.4 Å². The minimum absolute atomic E-state index is 0.00962. The van der Waals surface area contributed by atoms with Gasteiger partial charge in [-0.05, 0) is 36.7 Å². The molecule has 1 aliphatic heterocycles. The van der Waals surface area contributed by atoms with E-state index in [1.807, 2.05) is 15.6 Å². The fourth-order valence-electron chi connectivity index (χ4n) is 3.60. The van der Waals surface area contributed by atoms with E-state index in [-0.39, 0.29) is 11.9 Å². The Bertz CT molecular complexity index is 1160. The lowest BCUT2D eigenvalue weighted by Gasteiger charge is -2.32. The molecule has 8 nitrogen and oxygen atoms in total. The van der Waals surface area contributed by atoms with Crippen molar-refractivity contribution in [2.24, 2.45) is 7.05 Å². The largest absolute Gasteiger partial charge is 0.329 e. The third kappa shape index (κ3) is 2.54. The van der Waals surface area contributed by atoms with Gasteiger partial charge in [0.1, 0.15) is 11.2 Å². The van der Waals surface area contributed by atoms with Crippen LogP contribution in [0.5, 0.6) is 0 Å². The zero-order valence-corrected chi connectivity index (χ0v) is 15.7. The summed E-state index contributed by atoms with van der Waals surface area (Å²) in [6.07, 6.45) is 5.20. The van der Waals surface area contributed by atoms with Crippen molar-refractivity contribution in [3.63, 3.8) is 0 Å². The molecule has 0 spiro atoms. The zero-order chi connectivity index (χ0) is 18.5. The summed E-state index contributed by atoms with van der Waals surface area (Å²) in [6, 6.07) is 5.88. The summed E-state index contributed by atoms with van der Waals surface area (Å²) < 4.78 is 8.91. The van der Waals surface area contributed by atoms with Gasteiger partial charge in [0.25, 0.3) is 5.91 Å². The molecule has 0 bridgehead atoms. The van der Waals surface area contributed by atoms with Crippen molar-refractivity contribution in [1.29, 1.82) is 0 Å². The lowest BCUT2D eigenvalue weighted by Crippen LogP contribution is -2.41. The van der Waals surface area contributed by atoms with Gasteiger partial charge in [-0.25, -0.2) is 0 Å². The van der Waals surface area contributed by atoms with Crippen LogP contribution in [0.3, 0.4) is 0 Å². The van der Waals surface area contributed by atoms with Crippen LogP contribution < -0.4 is 0 Å². The molecule has 5 rings (SSSR count). The van der Waals surface area contributed by atoms with E-state index in [9.17, 15) is 4.79 Å². The second kappa shape index (κ2) is 5.98. The quantitative estimate of drug-likeness (QED) is 0.534. The number of aromatic nitrogens is 6. The maximum absolute atomic E-state index is 12.9. The number of fused-ring (bicyclic) bond motifs is 2. The van der Waals surface area contributed by atoms with E-state index in [0.717, 1.165) is 27.2 Å². The van der Waals surface area contributed by atoms with Crippen molar-refractivity contribution < 1.29 is 4.79 Å². The number of hydrogen-bond acceptors (Lipinski definition) is 6. The third-order valence-corrected chi connectivity index (χ3v) is 5.74. The fraction of sp³-hybridized carbons (Fsp3) is 0.278. The lowest BCUT2D eigenvalue weighted by atomic mass is 10.1. The molecule has 0 aliphatic carbocycles. The van der Waals surface area contributed by atoms with E-state index >= 15 is 0 Å². The van der Waals surface area contributed by atoms with Crippen LogP contribution in [0.25, 0.3) is 21.5 Å². The van der Waals surface area contributed by atoms with Crippen LogP contribution in [0.2, 0.25) is 0 Å². The van der Waals surface area contributed by atoms with Gasteiger partial charge in [0, 0.05) is 31.5 Å². The molecule has 9 heteroatoms. The molecule has 0 saturated heterocycles. The van der Waals surface area contributed by atoms with E-state index in [1.54, 1.807) is 36.4 Å². The van der Waals surface area contributed by atoms with Crippen molar-refractivity contribution in [2.45, 2.75) is 19.5 Å². The molecule has 1 atom stereocenters. The lowest BCUT2D eigenvalue weighted by molar-refractivity contribution is 0.0666. The highest BCUT2D eigenvalue weighted by molar-refractivity contribution is 7.13. The van der Waals surface area contributed by atoms with Gasteiger partial charge in [-0.3, -0.25) is 19.1 Å². The summed E-state index contributed by atoms with van der Waals surface area (Å²) in [7, 11) is 1.78. The van der Waals surface area contributed by atoms with Crippen LogP contribution in [0.4, 0.5) is 0 Å². The van der Waals surface area contributed by atoms with Crippen LogP contribution in [0, 0.1) is 0 Å². The standard InChI is InChI=1S/C18H17N7OS/c1-11-9-24(18(26)16-4-6-20-23(16)2)10-12-7-14(22-25(11)12)13-3-5-19-15-8-21-27-17(13)15/h3-8,11H,9-10H2,1-2H3/t11-/m0/s1. The predicted molar refractivity (Wildman–Crippen MR) is 101 cm³/mol. The Hall–Kier alpha value is -3.07. The van der Waals surface area contributed by atoms with Crippen molar-refractivity contribution in [1.82, 2.24) is 33.8 Å². The molecule has 4 aromatic rings. The molecule has 136 valence electrons. The number of amides is 1. The number of aryl methyl sites for hydroxylation is 1. The number of hydrogen-bond donors (Lipinski definition) is 0. The molecule has 27 heavy (non-hydrogen) atoms. The highest BCUT2D eigenvalue weighted by atomic mass is 32.1. The van der Waals surface area contributed by atoms with E-state index in [0.29, 0.717) is 18.8 Å². The van der Waals surface area contributed by atoms with Crippen molar-refractivity contribution in [3.8, 4) is 11.3 Å². The Morgan fingerprint density at radius 2 is 2.19 bits per heavy atom. The second-order valence-corrected chi connectivity index (χ2v) is 7.54. The molecular formula is C18H17N7OS. The Morgan fingerprint density at radius 3 is 3.00 bits per heavy atom. The number of pyridine rings is 1. The van der Waals surface area contributed by atoms with Crippen molar-refractivity contribution in [2.75, 3.05) is 6.54 Å². The average Bonchev–Trinajstić information content (AvgIpc) is 3.39. The second-order valence-electron chi connectivity index (χ2n) is 6.74.